The summed E-state index contributed by atoms with van der Waals surface area (Å²) < 4.78 is 0. The van der Waals surface area contributed by atoms with E-state index in [1.807, 2.05) is 18.2 Å². The minimum atomic E-state index is -1.06. The van der Waals surface area contributed by atoms with Crippen LogP contribution >= 0.6 is 0 Å². The van der Waals surface area contributed by atoms with Crippen molar-refractivity contribution in [3.63, 3.8) is 0 Å². The summed E-state index contributed by atoms with van der Waals surface area (Å²) in [5, 5.41) is 17.0. The fourth-order valence-electron chi connectivity index (χ4n) is 3.51. The smallest absolute Gasteiger partial charge is 0.323 e. The fraction of sp³-hybridized carbons (Fsp3) is 0.179. The van der Waals surface area contributed by atoms with Crippen LogP contribution in [0.5, 0.6) is 0 Å². The van der Waals surface area contributed by atoms with Crippen molar-refractivity contribution >= 4 is 53.0 Å². The summed E-state index contributed by atoms with van der Waals surface area (Å²) in [4.78, 5) is 61.3. The van der Waals surface area contributed by atoms with Crippen LogP contribution in [0.15, 0.2) is 78.9 Å². The first-order valence-electron chi connectivity index (χ1n) is 12.0. The molecule has 0 aliphatic carbocycles. The highest BCUT2D eigenvalue weighted by Crippen LogP contribution is 2.18. The molecule has 3 aromatic carbocycles. The van der Waals surface area contributed by atoms with E-state index < -0.39 is 5.97 Å². The number of carbonyl (C=O) groups excluding carboxylic acids is 4. The number of carboxylic acids is 1. The molecule has 0 heterocycles. The lowest BCUT2D eigenvalue weighted by molar-refractivity contribution is -0.138. The van der Waals surface area contributed by atoms with Crippen molar-refractivity contribution in [2.24, 2.45) is 0 Å². The molecule has 0 atom stereocenters. The van der Waals surface area contributed by atoms with Gasteiger partial charge in [-0.3, -0.25) is 19.2 Å². The number of likely N-dealkylation sites (N-methyl/N-ethyl adjacent to an activating group) is 1. The van der Waals surface area contributed by atoms with E-state index in [9.17, 15) is 24.0 Å². The number of hydrogen-bond acceptors (Lipinski definition) is 5. The highest BCUT2D eigenvalue weighted by molar-refractivity contribution is 6.00. The van der Waals surface area contributed by atoms with Gasteiger partial charge in [-0.2, -0.15) is 0 Å². The molecule has 0 saturated heterocycles. The Morgan fingerprint density at radius 3 is 1.95 bits per heavy atom. The number of carboxylic acid groups (broad SMARTS) is 1. The summed E-state index contributed by atoms with van der Waals surface area (Å²) in [6, 6.07) is 22.2. The van der Waals surface area contributed by atoms with Gasteiger partial charge in [-0.25, -0.2) is 4.79 Å². The molecule has 3 aromatic rings. The maximum atomic E-state index is 12.5. The van der Waals surface area contributed by atoms with Crippen LogP contribution in [0.2, 0.25) is 0 Å². The number of anilines is 4. The van der Waals surface area contributed by atoms with E-state index in [1.165, 1.54) is 4.90 Å². The van der Waals surface area contributed by atoms with E-state index >= 15 is 0 Å². The third-order valence-electron chi connectivity index (χ3n) is 5.62. The summed E-state index contributed by atoms with van der Waals surface area (Å²) >= 11 is 0. The van der Waals surface area contributed by atoms with Gasteiger partial charge in [0.1, 0.15) is 0 Å². The van der Waals surface area contributed by atoms with Crippen LogP contribution in [0.3, 0.4) is 0 Å². The van der Waals surface area contributed by atoms with Gasteiger partial charge in [0.25, 0.3) is 0 Å². The maximum Gasteiger partial charge on any atom is 0.323 e. The van der Waals surface area contributed by atoms with Gasteiger partial charge >= 0.3 is 12.0 Å². The zero-order valence-corrected chi connectivity index (χ0v) is 21.3. The number of nitrogens with zero attached hydrogens (tertiary/aromatic N) is 2. The zero-order valence-electron chi connectivity index (χ0n) is 21.3. The normalized spacial score (nSPS) is 10.2. The van der Waals surface area contributed by atoms with E-state index in [2.05, 4.69) is 16.0 Å². The topological polar surface area (TPSA) is 148 Å². The van der Waals surface area contributed by atoms with Crippen LogP contribution < -0.4 is 20.9 Å². The van der Waals surface area contributed by atoms with Crippen LogP contribution in [0.1, 0.15) is 12.0 Å². The van der Waals surface area contributed by atoms with Crippen molar-refractivity contribution in [3.8, 4) is 0 Å². The highest BCUT2D eigenvalue weighted by Gasteiger charge is 2.16. The lowest BCUT2D eigenvalue weighted by Gasteiger charge is -2.22. The lowest BCUT2D eigenvalue weighted by atomic mass is 10.1. The number of benzene rings is 3. The van der Waals surface area contributed by atoms with Crippen LogP contribution in [0.4, 0.5) is 27.5 Å². The largest absolute Gasteiger partial charge is 0.481 e. The van der Waals surface area contributed by atoms with Crippen LogP contribution in [-0.4, -0.2) is 60.4 Å². The summed E-state index contributed by atoms with van der Waals surface area (Å²) in [6.07, 6.45) is 0.311. The second-order valence-corrected chi connectivity index (χ2v) is 8.59. The number of carbonyl (C=O) groups is 5. The predicted molar refractivity (Wildman–Crippen MR) is 148 cm³/mol. The number of rotatable bonds is 12. The third kappa shape index (κ3) is 9.32. The maximum absolute atomic E-state index is 12.5. The Labute approximate surface area is 225 Å². The molecule has 0 aliphatic rings. The summed E-state index contributed by atoms with van der Waals surface area (Å²) in [5.74, 6) is -1.69. The molecule has 11 nitrogen and oxygen atoms in total. The number of hydrogen-bond donors (Lipinski definition) is 4. The molecular weight excluding hydrogens is 502 g/mol. The van der Waals surface area contributed by atoms with Crippen molar-refractivity contribution in [1.29, 1.82) is 0 Å². The van der Waals surface area contributed by atoms with Crippen LogP contribution in [-0.2, 0) is 25.6 Å². The minimum Gasteiger partial charge on any atom is -0.481 e. The van der Waals surface area contributed by atoms with E-state index in [0.29, 0.717) is 29.2 Å². The molecule has 0 spiro atoms. The molecule has 0 unspecified atom stereocenters. The van der Waals surface area contributed by atoms with Crippen molar-refractivity contribution in [2.75, 3.05) is 41.0 Å². The first kappa shape index (κ1) is 28.4. The molecule has 0 aromatic heterocycles. The molecule has 0 bridgehead atoms. The SMILES string of the molecule is CN(C(=O)CN(C=O)CCC(=O)O)c1ccc(NC(=O)Cc2ccc(NC(=O)Nc3ccccc3)cc2)cc1. The van der Waals surface area contributed by atoms with Crippen LogP contribution in [0.25, 0.3) is 0 Å². The van der Waals surface area contributed by atoms with Crippen molar-refractivity contribution in [2.45, 2.75) is 12.8 Å². The van der Waals surface area contributed by atoms with Crippen LogP contribution in [0, 0.1) is 0 Å². The Balaban J connectivity index is 1.47. The number of para-hydroxylation sites is 1. The molecule has 3 rings (SSSR count). The van der Waals surface area contributed by atoms with E-state index in [1.54, 1.807) is 67.7 Å². The summed E-state index contributed by atoms with van der Waals surface area (Å²) in [6.45, 7) is -0.315. The predicted octanol–water partition coefficient (Wildman–Crippen LogP) is 3.41. The second kappa shape index (κ2) is 13.9. The highest BCUT2D eigenvalue weighted by atomic mass is 16.4. The van der Waals surface area contributed by atoms with Crippen molar-refractivity contribution in [3.05, 3.63) is 84.4 Å². The first-order valence-corrected chi connectivity index (χ1v) is 12.0. The molecular formula is C28H29N5O6. The average molecular weight is 532 g/mol. The van der Waals surface area contributed by atoms with Gasteiger partial charge in [0.15, 0.2) is 0 Å². The molecule has 0 aliphatic heterocycles. The molecule has 0 radical (unpaired) electrons. The molecule has 0 saturated carbocycles. The van der Waals surface area contributed by atoms with E-state index in [-0.39, 0.29) is 43.8 Å². The van der Waals surface area contributed by atoms with Crippen molar-refractivity contribution in [1.82, 2.24) is 4.90 Å². The second-order valence-electron chi connectivity index (χ2n) is 8.59. The van der Waals surface area contributed by atoms with Gasteiger partial charge in [0.05, 0.1) is 19.4 Å². The minimum absolute atomic E-state index is 0.0633. The number of urea groups is 1. The van der Waals surface area contributed by atoms with E-state index in [0.717, 1.165) is 10.5 Å². The van der Waals surface area contributed by atoms with Gasteiger partial charge in [-0.05, 0) is 54.1 Å². The van der Waals surface area contributed by atoms with Gasteiger partial charge < -0.3 is 30.9 Å². The monoisotopic (exact) mass is 531 g/mol. The molecule has 0 fully saturated rings. The molecule has 5 amide bonds. The van der Waals surface area contributed by atoms with Gasteiger partial charge in [0.2, 0.25) is 18.2 Å². The molecule has 39 heavy (non-hydrogen) atoms. The van der Waals surface area contributed by atoms with Gasteiger partial charge in [-0.15, -0.1) is 0 Å². The van der Waals surface area contributed by atoms with Gasteiger partial charge in [-0.1, -0.05) is 30.3 Å². The molecule has 4 N–H and O–H groups in total. The lowest BCUT2D eigenvalue weighted by Crippen LogP contribution is -2.38. The van der Waals surface area contributed by atoms with Crippen molar-refractivity contribution < 1.29 is 29.1 Å². The van der Waals surface area contributed by atoms with E-state index in [4.69, 9.17) is 5.11 Å². The quantitative estimate of drug-likeness (QED) is 0.263. The Hall–Kier alpha value is -5.19. The first-order chi connectivity index (χ1) is 18.7. The average Bonchev–Trinajstić information content (AvgIpc) is 2.92. The molecule has 202 valence electrons. The Morgan fingerprint density at radius 1 is 0.795 bits per heavy atom. The number of aliphatic carboxylic acids is 1. The van der Waals surface area contributed by atoms with Gasteiger partial charge in [0, 0.05) is 36.3 Å². The summed E-state index contributed by atoms with van der Waals surface area (Å²) in [7, 11) is 1.54. The number of nitrogens with one attached hydrogen (secondary N) is 3. The Bertz CT molecular complexity index is 1300. The number of amides is 5. The zero-order chi connectivity index (χ0) is 28.2. The fourth-order valence-corrected chi connectivity index (χ4v) is 3.51. The Kier molecular flexibility index (Phi) is 10.1. The summed E-state index contributed by atoms with van der Waals surface area (Å²) in [5.41, 5.74) is 3.09. The third-order valence-corrected chi connectivity index (χ3v) is 5.62. The standard InChI is InChI=1S/C28H29N5O6/c1-32(26(36)18-33(19-34)16-15-27(37)38)24-13-11-22(12-14-24)29-25(35)17-20-7-9-23(10-8-20)31-28(39)30-21-5-3-2-4-6-21/h2-14,19H,15-18H2,1H3,(H,29,35)(H,37,38)(H2,30,31,39). The molecule has 11 heteroatoms. The Morgan fingerprint density at radius 2 is 1.36 bits per heavy atom.